The van der Waals surface area contributed by atoms with Gasteiger partial charge in [-0.15, -0.1) is 0 Å². The summed E-state index contributed by atoms with van der Waals surface area (Å²) in [5.74, 6) is -2.88. The Hall–Kier alpha value is -2.48. The highest BCUT2D eigenvalue weighted by Crippen LogP contribution is 2.37. The second-order valence-corrected chi connectivity index (χ2v) is 7.21. The Labute approximate surface area is 137 Å². The van der Waals surface area contributed by atoms with Crippen molar-refractivity contribution in [2.45, 2.75) is 12.8 Å². The maximum absolute atomic E-state index is 13.8. The Morgan fingerprint density at radius 2 is 1.88 bits per heavy atom. The van der Waals surface area contributed by atoms with Crippen LogP contribution < -0.4 is 9.46 Å². The summed E-state index contributed by atoms with van der Waals surface area (Å²) in [7, 11) is -3.62. The Bertz CT molecular complexity index is 941. The van der Waals surface area contributed by atoms with E-state index < -0.39 is 27.4 Å². The Balaban J connectivity index is 2.09. The fraction of sp³-hybridized carbons (Fsp3) is 0.188. The third-order valence-electron chi connectivity index (χ3n) is 3.56. The number of benzene rings is 2. The number of ketones is 1. The van der Waals surface area contributed by atoms with Crippen molar-refractivity contribution in [3.8, 4) is 11.5 Å². The highest BCUT2D eigenvalue weighted by atomic mass is 32.2. The molecule has 8 heteroatoms. The van der Waals surface area contributed by atoms with Crippen LogP contribution in [0.3, 0.4) is 0 Å². The van der Waals surface area contributed by atoms with E-state index in [9.17, 15) is 22.0 Å². The first kappa shape index (κ1) is 16.4. The topological polar surface area (TPSA) is 72.5 Å². The fourth-order valence-electron chi connectivity index (χ4n) is 2.52. The van der Waals surface area contributed by atoms with Gasteiger partial charge < -0.3 is 4.74 Å². The van der Waals surface area contributed by atoms with Crippen LogP contribution in [0.25, 0.3) is 0 Å². The van der Waals surface area contributed by atoms with Gasteiger partial charge in [0.05, 0.1) is 11.9 Å². The normalized spacial score (nSPS) is 13.7. The predicted molar refractivity (Wildman–Crippen MR) is 84.0 cm³/mol. The molecule has 0 saturated carbocycles. The third kappa shape index (κ3) is 3.23. The van der Waals surface area contributed by atoms with Gasteiger partial charge in [-0.1, -0.05) is 6.07 Å². The van der Waals surface area contributed by atoms with Gasteiger partial charge in [0.2, 0.25) is 15.8 Å². The van der Waals surface area contributed by atoms with Crippen molar-refractivity contribution in [1.29, 1.82) is 0 Å². The van der Waals surface area contributed by atoms with Crippen LogP contribution in [0.15, 0.2) is 30.3 Å². The summed E-state index contributed by atoms with van der Waals surface area (Å²) in [6.45, 7) is 0. The van der Waals surface area contributed by atoms with E-state index in [-0.39, 0.29) is 17.2 Å². The molecule has 0 aromatic heterocycles. The van der Waals surface area contributed by atoms with Gasteiger partial charge in [-0.25, -0.2) is 12.8 Å². The smallest absolute Gasteiger partial charge is 0.229 e. The zero-order chi connectivity index (χ0) is 17.5. The van der Waals surface area contributed by atoms with Crippen LogP contribution in [0.1, 0.15) is 22.3 Å². The fourth-order valence-corrected chi connectivity index (χ4v) is 3.08. The van der Waals surface area contributed by atoms with Crippen molar-refractivity contribution in [3.05, 3.63) is 53.1 Å². The van der Waals surface area contributed by atoms with Crippen LogP contribution in [0, 0.1) is 11.6 Å². The molecule has 1 aliphatic rings. The summed E-state index contributed by atoms with van der Waals surface area (Å²) < 4.78 is 57.8. The number of carbonyl (C=O) groups is 1. The number of fused-ring (bicyclic) bond motifs is 1. The summed E-state index contributed by atoms with van der Waals surface area (Å²) in [5.41, 5.74) is 1.13. The van der Waals surface area contributed by atoms with Crippen molar-refractivity contribution < 1.29 is 26.7 Å². The number of carbonyl (C=O) groups excluding carboxylic acids is 1. The molecular weight excluding hydrogens is 340 g/mol. The Kier molecular flexibility index (Phi) is 4.00. The molecule has 0 saturated heterocycles. The van der Waals surface area contributed by atoms with Crippen molar-refractivity contribution in [1.82, 2.24) is 0 Å². The van der Waals surface area contributed by atoms with Gasteiger partial charge in [0, 0.05) is 12.0 Å². The molecule has 0 heterocycles. The summed E-state index contributed by atoms with van der Waals surface area (Å²) in [6, 6.07) is 6.23. The first-order valence-electron chi connectivity index (χ1n) is 7.04. The maximum Gasteiger partial charge on any atom is 0.229 e. The lowest BCUT2D eigenvalue weighted by molar-refractivity contribution is 0.0994. The molecule has 0 aliphatic heterocycles. The number of hydrogen-bond donors (Lipinski definition) is 1. The van der Waals surface area contributed by atoms with Gasteiger partial charge in [-0.2, -0.15) is 4.39 Å². The Morgan fingerprint density at radius 3 is 2.58 bits per heavy atom. The number of sulfonamides is 1. The minimum Gasteiger partial charge on any atom is -0.452 e. The molecule has 0 unspecified atom stereocenters. The lowest BCUT2D eigenvalue weighted by Gasteiger charge is -2.14. The van der Waals surface area contributed by atoms with Crippen LogP contribution >= 0.6 is 0 Å². The quantitative estimate of drug-likeness (QED) is 0.916. The largest absolute Gasteiger partial charge is 0.452 e. The third-order valence-corrected chi connectivity index (χ3v) is 4.15. The lowest BCUT2D eigenvalue weighted by Crippen LogP contribution is -2.11. The number of nitrogens with one attached hydrogen (secondary N) is 1. The second kappa shape index (κ2) is 5.86. The number of aryl methyl sites for hydroxylation is 1. The number of halogens is 2. The van der Waals surface area contributed by atoms with Gasteiger partial charge in [0.15, 0.2) is 23.1 Å². The van der Waals surface area contributed by atoms with Gasteiger partial charge >= 0.3 is 0 Å². The Morgan fingerprint density at radius 1 is 1.12 bits per heavy atom. The second-order valence-electron chi connectivity index (χ2n) is 5.46. The van der Waals surface area contributed by atoms with E-state index in [0.717, 1.165) is 12.3 Å². The van der Waals surface area contributed by atoms with Crippen LogP contribution in [-0.2, 0) is 16.4 Å². The molecule has 3 rings (SSSR count). The van der Waals surface area contributed by atoms with E-state index >= 15 is 0 Å². The number of ether oxygens (including phenoxy) is 1. The van der Waals surface area contributed by atoms with Crippen LogP contribution in [-0.4, -0.2) is 20.5 Å². The maximum atomic E-state index is 13.8. The molecule has 126 valence electrons. The van der Waals surface area contributed by atoms with Gasteiger partial charge in [0.1, 0.15) is 0 Å². The van der Waals surface area contributed by atoms with Crippen molar-refractivity contribution >= 4 is 21.5 Å². The molecule has 5 nitrogen and oxygen atoms in total. The highest BCUT2D eigenvalue weighted by Gasteiger charge is 2.24. The highest BCUT2D eigenvalue weighted by molar-refractivity contribution is 7.92. The molecule has 1 N–H and O–H groups in total. The average Bonchev–Trinajstić information content (AvgIpc) is 2.83. The molecule has 0 fully saturated rings. The minimum absolute atomic E-state index is 0.0645. The molecule has 0 bridgehead atoms. The van der Waals surface area contributed by atoms with E-state index in [1.807, 2.05) is 0 Å². The van der Waals surface area contributed by atoms with Crippen LogP contribution in [0.4, 0.5) is 14.5 Å². The van der Waals surface area contributed by atoms with E-state index in [2.05, 4.69) is 4.72 Å². The number of hydrogen-bond acceptors (Lipinski definition) is 4. The van der Waals surface area contributed by atoms with Gasteiger partial charge in [0.25, 0.3) is 0 Å². The molecule has 0 spiro atoms. The zero-order valence-electron chi connectivity index (χ0n) is 12.6. The standard InChI is InChI=1S/C16H13F2NO4S/c1-24(21,22)19-12-7-9-5-6-13(20)10(9)8-15(12)23-14-4-2-3-11(17)16(14)18/h2-4,7-8,19H,5-6H2,1H3. The summed E-state index contributed by atoms with van der Waals surface area (Å²) >= 11 is 0. The van der Waals surface area contributed by atoms with E-state index in [0.29, 0.717) is 24.0 Å². The molecule has 2 aromatic rings. The van der Waals surface area contributed by atoms with E-state index in [4.69, 9.17) is 4.74 Å². The summed E-state index contributed by atoms with van der Waals surface area (Å²) in [6.07, 6.45) is 1.75. The lowest BCUT2D eigenvalue weighted by atomic mass is 10.1. The molecule has 1 aliphatic carbocycles. The summed E-state index contributed by atoms with van der Waals surface area (Å²) in [5, 5.41) is 0. The molecule has 24 heavy (non-hydrogen) atoms. The van der Waals surface area contributed by atoms with E-state index in [1.165, 1.54) is 24.3 Å². The first-order chi connectivity index (χ1) is 11.2. The molecule has 2 aromatic carbocycles. The summed E-state index contributed by atoms with van der Waals surface area (Å²) in [4.78, 5) is 11.9. The number of anilines is 1. The minimum atomic E-state index is -3.62. The van der Waals surface area contributed by atoms with Crippen molar-refractivity contribution in [2.24, 2.45) is 0 Å². The van der Waals surface area contributed by atoms with Gasteiger partial charge in [-0.3, -0.25) is 9.52 Å². The molecule has 0 atom stereocenters. The van der Waals surface area contributed by atoms with Crippen LogP contribution in [0.2, 0.25) is 0 Å². The first-order valence-corrected chi connectivity index (χ1v) is 8.93. The predicted octanol–water partition coefficient (Wildman–Crippen LogP) is 3.26. The van der Waals surface area contributed by atoms with E-state index in [1.54, 1.807) is 0 Å². The SMILES string of the molecule is CS(=O)(=O)Nc1cc2c(cc1Oc1cccc(F)c1F)C(=O)CC2. The molecule has 0 radical (unpaired) electrons. The molecular formula is C16H13F2NO4S. The molecule has 0 amide bonds. The van der Waals surface area contributed by atoms with Crippen LogP contribution in [0.5, 0.6) is 11.5 Å². The zero-order valence-corrected chi connectivity index (χ0v) is 13.4. The van der Waals surface area contributed by atoms with Crippen molar-refractivity contribution in [3.63, 3.8) is 0 Å². The number of Topliss-reactive ketones (excluding diaryl/α,β-unsaturated/α-hetero) is 1. The van der Waals surface area contributed by atoms with Gasteiger partial charge in [-0.05, 0) is 36.2 Å². The monoisotopic (exact) mass is 353 g/mol. The van der Waals surface area contributed by atoms with Crippen molar-refractivity contribution in [2.75, 3.05) is 11.0 Å². The number of rotatable bonds is 4. The average molecular weight is 353 g/mol.